The van der Waals surface area contributed by atoms with E-state index in [0.717, 1.165) is 21.2 Å². The van der Waals surface area contributed by atoms with Crippen molar-refractivity contribution in [1.29, 1.82) is 0 Å². The molecule has 0 aromatic heterocycles. The molecule has 2 unspecified atom stereocenters. The van der Waals surface area contributed by atoms with Crippen LogP contribution in [0.3, 0.4) is 0 Å². The van der Waals surface area contributed by atoms with E-state index in [0.29, 0.717) is 0 Å². The number of hydrogen-bond acceptors (Lipinski definition) is 1. The van der Waals surface area contributed by atoms with Crippen molar-refractivity contribution in [1.82, 2.24) is 0 Å². The molecule has 1 aromatic carbocycles. The standard InChI is InChI=1S/C16H18Br2O/c1-9-5-7-12(17)11(3)14(9)15-10(2)6-8-13(18)16(15,4)19/h5-8,13,19H,1-4H3. The van der Waals surface area contributed by atoms with E-state index in [1.165, 1.54) is 11.1 Å². The quantitative estimate of drug-likeness (QED) is 0.680. The van der Waals surface area contributed by atoms with Crippen LogP contribution in [0.4, 0.5) is 0 Å². The van der Waals surface area contributed by atoms with Gasteiger partial charge in [0.25, 0.3) is 0 Å². The Hall–Kier alpha value is -0.380. The molecule has 0 fully saturated rings. The summed E-state index contributed by atoms with van der Waals surface area (Å²) in [5.41, 5.74) is 4.72. The minimum atomic E-state index is -0.908. The van der Waals surface area contributed by atoms with Crippen LogP contribution in [0.15, 0.2) is 34.3 Å². The molecule has 0 bridgehead atoms. The van der Waals surface area contributed by atoms with Crippen LogP contribution in [0.5, 0.6) is 0 Å². The molecule has 0 radical (unpaired) electrons. The summed E-state index contributed by atoms with van der Waals surface area (Å²) in [6.07, 6.45) is 4.08. The zero-order valence-electron chi connectivity index (χ0n) is 11.6. The third kappa shape index (κ3) is 2.48. The molecule has 0 saturated heterocycles. The fourth-order valence-electron chi connectivity index (χ4n) is 2.69. The lowest BCUT2D eigenvalue weighted by molar-refractivity contribution is 0.131. The van der Waals surface area contributed by atoms with Crippen molar-refractivity contribution in [2.45, 2.75) is 38.1 Å². The molecule has 2 rings (SSSR count). The molecule has 1 aromatic rings. The van der Waals surface area contributed by atoms with Gasteiger partial charge in [0.1, 0.15) is 5.60 Å². The number of halogens is 2. The van der Waals surface area contributed by atoms with Gasteiger partial charge in [0.15, 0.2) is 0 Å². The predicted molar refractivity (Wildman–Crippen MR) is 88.7 cm³/mol. The first kappa shape index (κ1) is 15.0. The van der Waals surface area contributed by atoms with Crippen molar-refractivity contribution in [2.24, 2.45) is 0 Å². The lowest BCUT2D eigenvalue weighted by atomic mass is 9.78. The van der Waals surface area contributed by atoms with E-state index < -0.39 is 5.60 Å². The van der Waals surface area contributed by atoms with E-state index in [4.69, 9.17) is 0 Å². The van der Waals surface area contributed by atoms with E-state index in [9.17, 15) is 5.11 Å². The van der Waals surface area contributed by atoms with Crippen LogP contribution in [0.1, 0.15) is 30.5 Å². The second-order valence-corrected chi connectivity index (χ2v) is 7.17. The van der Waals surface area contributed by atoms with Crippen molar-refractivity contribution in [3.05, 3.63) is 51.0 Å². The van der Waals surface area contributed by atoms with Gasteiger partial charge in [0.05, 0.1) is 4.83 Å². The molecule has 0 saturated carbocycles. The Morgan fingerprint density at radius 3 is 2.47 bits per heavy atom. The molecule has 0 amide bonds. The molecule has 19 heavy (non-hydrogen) atoms. The Balaban J connectivity index is 2.77. The predicted octanol–water partition coefficient (Wildman–Crippen LogP) is 4.92. The topological polar surface area (TPSA) is 20.2 Å². The number of aliphatic hydroxyl groups is 1. The molecule has 0 aliphatic heterocycles. The fraction of sp³-hybridized carbons (Fsp3) is 0.375. The highest BCUT2D eigenvalue weighted by atomic mass is 79.9. The lowest BCUT2D eigenvalue weighted by Gasteiger charge is -2.36. The number of benzene rings is 1. The second kappa shape index (κ2) is 5.19. The van der Waals surface area contributed by atoms with Gasteiger partial charge in [-0.05, 0) is 61.6 Å². The Bertz CT molecular complexity index is 583. The van der Waals surface area contributed by atoms with Crippen molar-refractivity contribution < 1.29 is 5.11 Å². The van der Waals surface area contributed by atoms with Crippen molar-refractivity contribution in [3.8, 4) is 0 Å². The van der Waals surface area contributed by atoms with E-state index >= 15 is 0 Å². The van der Waals surface area contributed by atoms with Gasteiger partial charge in [-0.25, -0.2) is 0 Å². The number of aryl methyl sites for hydroxylation is 1. The highest BCUT2D eigenvalue weighted by Crippen LogP contribution is 2.43. The van der Waals surface area contributed by atoms with Gasteiger partial charge >= 0.3 is 0 Å². The molecule has 102 valence electrons. The Labute approximate surface area is 131 Å². The smallest absolute Gasteiger partial charge is 0.104 e. The molecule has 0 spiro atoms. The van der Waals surface area contributed by atoms with E-state index in [2.05, 4.69) is 70.8 Å². The largest absolute Gasteiger partial charge is 0.384 e. The van der Waals surface area contributed by atoms with Crippen LogP contribution in [-0.4, -0.2) is 15.5 Å². The maximum absolute atomic E-state index is 10.9. The van der Waals surface area contributed by atoms with Gasteiger partial charge < -0.3 is 5.11 Å². The number of rotatable bonds is 1. The SMILES string of the molecule is CC1=C(c2c(C)ccc(Br)c2C)C(C)(O)C(Br)C=C1. The summed E-state index contributed by atoms with van der Waals surface area (Å²) in [7, 11) is 0. The van der Waals surface area contributed by atoms with Gasteiger partial charge in [0, 0.05) is 4.47 Å². The van der Waals surface area contributed by atoms with Crippen molar-refractivity contribution >= 4 is 37.4 Å². The average Bonchev–Trinajstić information content (AvgIpc) is 2.34. The van der Waals surface area contributed by atoms with Crippen LogP contribution in [0.25, 0.3) is 5.57 Å². The molecule has 1 nitrogen and oxygen atoms in total. The highest BCUT2D eigenvalue weighted by Gasteiger charge is 2.37. The molecular weight excluding hydrogens is 368 g/mol. The molecule has 1 aliphatic rings. The third-order valence-electron chi connectivity index (χ3n) is 3.81. The molecular formula is C16H18Br2O. The molecule has 3 heteroatoms. The minimum absolute atomic E-state index is 0.0727. The highest BCUT2D eigenvalue weighted by molar-refractivity contribution is 9.10. The van der Waals surface area contributed by atoms with Gasteiger partial charge in [-0.15, -0.1) is 0 Å². The van der Waals surface area contributed by atoms with Crippen molar-refractivity contribution in [3.63, 3.8) is 0 Å². The monoisotopic (exact) mass is 384 g/mol. The van der Waals surface area contributed by atoms with Gasteiger partial charge in [-0.3, -0.25) is 0 Å². The number of allylic oxidation sites excluding steroid dienone is 2. The zero-order chi connectivity index (χ0) is 14.4. The number of hydrogen-bond donors (Lipinski definition) is 1. The summed E-state index contributed by atoms with van der Waals surface area (Å²) in [5.74, 6) is 0. The maximum atomic E-state index is 10.9. The van der Waals surface area contributed by atoms with Crippen molar-refractivity contribution in [2.75, 3.05) is 0 Å². The first-order chi connectivity index (χ1) is 8.76. The summed E-state index contributed by atoms with van der Waals surface area (Å²) in [6, 6.07) is 4.15. The van der Waals surface area contributed by atoms with E-state index in [-0.39, 0.29) is 4.83 Å². The fourth-order valence-corrected chi connectivity index (χ4v) is 3.41. The minimum Gasteiger partial charge on any atom is -0.384 e. The first-order valence-electron chi connectivity index (χ1n) is 6.29. The van der Waals surface area contributed by atoms with Crippen LogP contribution < -0.4 is 0 Å². The summed E-state index contributed by atoms with van der Waals surface area (Å²) >= 11 is 7.15. The summed E-state index contributed by atoms with van der Waals surface area (Å²) in [6.45, 7) is 8.10. The number of alkyl halides is 1. The normalized spacial score (nSPS) is 27.0. The molecule has 1 N–H and O–H groups in total. The first-order valence-corrected chi connectivity index (χ1v) is 7.99. The molecule has 2 atom stereocenters. The Morgan fingerprint density at radius 1 is 1.21 bits per heavy atom. The average molecular weight is 386 g/mol. The third-order valence-corrected chi connectivity index (χ3v) is 5.87. The Morgan fingerprint density at radius 2 is 1.84 bits per heavy atom. The summed E-state index contributed by atoms with van der Waals surface area (Å²) < 4.78 is 1.07. The van der Waals surface area contributed by atoms with Gasteiger partial charge in [-0.1, -0.05) is 50.1 Å². The van der Waals surface area contributed by atoms with E-state index in [1.807, 2.05) is 13.0 Å². The molecule has 0 heterocycles. The van der Waals surface area contributed by atoms with Crippen LogP contribution in [-0.2, 0) is 0 Å². The molecule has 1 aliphatic carbocycles. The van der Waals surface area contributed by atoms with Gasteiger partial charge in [0.2, 0.25) is 0 Å². The van der Waals surface area contributed by atoms with Crippen LogP contribution in [0, 0.1) is 13.8 Å². The summed E-state index contributed by atoms with van der Waals surface area (Å²) in [5, 5.41) is 10.9. The summed E-state index contributed by atoms with van der Waals surface area (Å²) in [4.78, 5) is -0.0727. The van der Waals surface area contributed by atoms with Gasteiger partial charge in [-0.2, -0.15) is 0 Å². The Kier molecular flexibility index (Phi) is 4.10. The second-order valence-electron chi connectivity index (χ2n) is 5.33. The maximum Gasteiger partial charge on any atom is 0.104 e. The van der Waals surface area contributed by atoms with Crippen LogP contribution >= 0.6 is 31.9 Å². The zero-order valence-corrected chi connectivity index (χ0v) is 14.8. The lowest BCUT2D eigenvalue weighted by Crippen LogP contribution is -2.38. The van der Waals surface area contributed by atoms with E-state index in [1.54, 1.807) is 0 Å². The van der Waals surface area contributed by atoms with Crippen LogP contribution in [0.2, 0.25) is 0 Å².